The molecule has 1 aromatic carbocycles. The maximum atomic E-state index is 9.50. The summed E-state index contributed by atoms with van der Waals surface area (Å²) in [6.07, 6.45) is 3.32. The van der Waals surface area contributed by atoms with Gasteiger partial charge in [-0.1, -0.05) is 6.07 Å². The molecule has 2 rings (SSSR count). The molecule has 1 heterocycles. The van der Waals surface area contributed by atoms with Gasteiger partial charge in [-0.05, 0) is 49.1 Å². The molecule has 4 nitrogen and oxygen atoms in total. The Morgan fingerprint density at radius 3 is 2.35 bits per heavy atom. The number of hydrogen-bond donors (Lipinski definition) is 0. The lowest BCUT2D eigenvalue weighted by molar-refractivity contribution is 0.408. The first-order valence-corrected chi connectivity index (χ1v) is 6.41. The van der Waals surface area contributed by atoms with Crippen molar-refractivity contribution in [1.29, 1.82) is 5.26 Å². The fourth-order valence-corrected chi connectivity index (χ4v) is 2.43. The molecular formula is C16H17N3O. The van der Waals surface area contributed by atoms with Gasteiger partial charge in [-0.15, -0.1) is 0 Å². The number of aryl methyl sites for hydroxylation is 1. The lowest BCUT2D eigenvalue weighted by Crippen LogP contribution is -2.08. The molecule has 0 radical (unpaired) electrons. The van der Waals surface area contributed by atoms with Crippen molar-refractivity contribution >= 4 is 0 Å². The van der Waals surface area contributed by atoms with Gasteiger partial charge in [0.1, 0.15) is 17.5 Å². The Hall–Kier alpha value is -2.41. The van der Waals surface area contributed by atoms with E-state index in [2.05, 4.69) is 16.0 Å². The van der Waals surface area contributed by atoms with Gasteiger partial charge in [0, 0.05) is 12.4 Å². The summed E-state index contributed by atoms with van der Waals surface area (Å²) < 4.78 is 5.42. The molecule has 0 spiro atoms. The van der Waals surface area contributed by atoms with Crippen LogP contribution in [0.1, 0.15) is 34.0 Å². The molecule has 0 amide bonds. The average Bonchev–Trinajstić information content (AvgIpc) is 2.46. The number of nitrogens with zero attached hydrogens (tertiary/aromatic N) is 3. The van der Waals surface area contributed by atoms with Gasteiger partial charge >= 0.3 is 0 Å². The Kier molecular flexibility index (Phi) is 3.99. The maximum Gasteiger partial charge on any atom is 0.149 e. The quantitative estimate of drug-likeness (QED) is 0.857. The van der Waals surface area contributed by atoms with Crippen molar-refractivity contribution in [2.24, 2.45) is 0 Å². The molecule has 1 atom stereocenters. The van der Waals surface area contributed by atoms with E-state index in [0.717, 1.165) is 28.0 Å². The molecule has 0 N–H and O–H groups in total. The first-order valence-electron chi connectivity index (χ1n) is 6.41. The highest BCUT2D eigenvalue weighted by atomic mass is 16.5. The van der Waals surface area contributed by atoms with Crippen LogP contribution in [0.3, 0.4) is 0 Å². The number of rotatable bonds is 3. The van der Waals surface area contributed by atoms with Gasteiger partial charge in [0.25, 0.3) is 0 Å². The first kappa shape index (κ1) is 14.0. The number of benzene rings is 1. The third-order valence-electron chi connectivity index (χ3n) is 3.55. The van der Waals surface area contributed by atoms with Crippen molar-refractivity contribution in [3.8, 4) is 11.8 Å². The normalized spacial score (nSPS) is 11.8. The van der Waals surface area contributed by atoms with E-state index >= 15 is 0 Å². The molecule has 20 heavy (non-hydrogen) atoms. The van der Waals surface area contributed by atoms with Gasteiger partial charge in [-0.25, -0.2) is 9.97 Å². The summed E-state index contributed by atoms with van der Waals surface area (Å²) in [5.74, 6) is 0.943. The van der Waals surface area contributed by atoms with Crippen LogP contribution in [0.25, 0.3) is 0 Å². The zero-order chi connectivity index (χ0) is 14.7. The monoisotopic (exact) mass is 267 g/mol. The number of ether oxygens (including phenoxy) is 1. The third-order valence-corrected chi connectivity index (χ3v) is 3.55. The van der Waals surface area contributed by atoms with Gasteiger partial charge in [0.15, 0.2) is 0 Å². The smallest absolute Gasteiger partial charge is 0.149 e. The highest BCUT2D eigenvalue weighted by Crippen LogP contribution is 2.33. The minimum atomic E-state index is -0.459. The van der Waals surface area contributed by atoms with E-state index in [-0.39, 0.29) is 0 Å². The molecule has 0 aliphatic heterocycles. The van der Waals surface area contributed by atoms with E-state index in [1.165, 1.54) is 0 Å². The fraction of sp³-hybridized carbons (Fsp3) is 0.312. The largest absolute Gasteiger partial charge is 0.496 e. The second-order valence-corrected chi connectivity index (χ2v) is 4.74. The summed E-state index contributed by atoms with van der Waals surface area (Å²) in [5, 5.41) is 9.50. The SMILES string of the molecule is COc1c(C)cc(C(C#N)c2ncccn2)c(C)c1C. The molecule has 0 aliphatic carbocycles. The zero-order valence-electron chi connectivity index (χ0n) is 12.1. The van der Waals surface area contributed by atoms with Gasteiger partial charge in [0.2, 0.25) is 0 Å². The van der Waals surface area contributed by atoms with Crippen LogP contribution in [0.15, 0.2) is 24.5 Å². The molecule has 0 saturated heterocycles. The second kappa shape index (κ2) is 5.70. The van der Waals surface area contributed by atoms with Crippen LogP contribution >= 0.6 is 0 Å². The van der Waals surface area contributed by atoms with Gasteiger partial charge in [0.05, 0.1) is 13.2 Å². The van der Waals surface area contributed by atoms with Crippen molar-refractivity contribution in [3.63, 3.8) is 0 Å². The van der Waals surface area contributed by atoms with E-state index in [1.54, 1.807) is 25.6 Å². The van der Waals surface area contributed by atoms with Crippen molar-refractivity contribution in [2.75, 3.05) is 7.11 Å². The van der Waals surface area contributed by atoms with Crippen LogP contribution in [0, 0.1) is 32.1 Å². The Balaban J connectivity index is 2.61. The predicted octanol–water partition coefficient (Wildman–Crippen LogP) is 3.07. The first-order chi connectivity index (χ1) is 9.60. The molecule has 0 bridgehead atoms. The third kappa shape index (κ3) is 2.35. The molecule has 1 aromatic heterocycles. The molecule has 4 heteroatoms. The lowest BCUT2D eigenvalue weighted by atomic mass is 9.90. The number of hydrogen-bond acceptors (Lipinski definition) is 4. The number of methoxy groups -OCH3 is 1. The molecule has 0 fully saturated rings. The van der Waals surface area contributed by atoms with Gasteiger partial charge < -0.3 is 4.74 Å². The van der Waals surface area contributed by atoms with Crippen LogP contribution in [-0.2, 0) is 0 Å². The van der Waals surface area contributed by atoms with Crippen LogP contribution in [0.4, 0.5) is 0 Å². The molecule has 1 unspecified atom stereocenters. The van der Waals surface area contributed by atoms with Crippen LogP contribution in [-0.4, -0.2) is 17.1 Å². The molecule has 0 aliphatic rings. The Bertz CT molecular complexity index is 660. The van der Waals surface area contributed by atoms with Crippen molar-refractivity contribution in [1.82, 2.24) is 9.97 Å². The van der Waals surface area contributed by atoms with Crippen LogP contribution in [0.2, 0.25) is 0 Å². The summed E-state index contributed by atoms with van der Waals surface area (Å²) in [6.45, 7) is 5.99. The van der Waals surface area contributed by atoms with Gasteiger partial charge in [-0.3, -0.25) is 0 Å². The van der Waals surface area contributed by atoms with Crippen molar-refractivity contribution in [2.45, 2.75) is 26.7 Å². The second-order valence-electron chi connectivity index (χ2n) is 4.74. The molecule has 0 saturated carbocycles. The number of aromatic nitrogens is 2. The minimum absolute atomic E-state index is 0.459. The average molecular weight is 267 g/mol. The summed E-state index contributed by atoms with van der Waals surface area (Å²) in [6, 6.07) is 6.04. The predicted molar refractivity (Wildman–Crippen MR) is 76.7 cm³/mol. The standard InChI is InChI=1S/C16H17N3O/c1-10-8-13(11(2)12(3)15(10)20-4)14(9-17)16-18-6-5-7-19-16/h5-8,14H,1-4H3. The topological polar surface area (TPSA) is 58.8 Å². The number of nitriles is 1. The van der Waals surface area contributed by atoms with Crippen LogP contribution in [0.5, 0.6) is 5.75 Å². The van der Waals surface area contributed by atoms with Crippen molar-refractivity contribution in [3.05, 3.63) is 52.6 Å². The van der Waals surface area contributed by atoms with Crippen LogP contribution < -0.4 is 4.74 Å². The molecule has 102 valence electrons. The van der Waals surface area contributed by atoms with E-state index in [0.29, 0.717) is 5.82 Å². The lowest BCUT2D eigenvalue weighted by Gasteiger charge is -2.18. The minimum Gasteiger partial charge on any atom is -0.496 e. The van der Waals surface area contributed by atoms with E-state index in [1.807, 2.05) is 26.8 Å². The summed E-state index contributed by atoms with van der Waals surface area (Å²) >= 11 is 0. The summed E-state index contributed by atoms with van der Waals surface area (Å²) in [7, 11) is 1.66. The Morgan fingerprint density at radius 1 is 1.15 bits per heavy atom. The highest BCUT2D eigenvalue weighted by Gasteiger charge is 2.21. The van der Waals surface area contributed by atoms with E-state index in [4.69, 9.17) is 4.74 Å². The summed E-state index contributed by atoms with van der Waals surface area (Å²) in [5.41, 5.74) is 4.06. The maximum absolute atomic E-state index is 9.50. The Morgan fingerprint density at radius 2 is 1.80 bits per heavy atom. The van der Waals surface area contributed by atoms with Gasteiger partial charge in [-0.2, -0.15) is 5.26 Å². The Labute approximate surface area is 119 Å². The summed E-state index contributed by atoms with van der Waals surface area (Å²) in [4.78, 5) is 8.41. The highest BCUT2D eigenvalue weighted by molar-refractivity contribution is 5.52. The van der Waals surface area contributed by atoms with E-state index in [9.17, 15) is 5.26 Å². The van der Waals surface area contributed by atoms with Crippen molar-refractivity contribution < 1.29 is 4.74 Å². The zero-order valence-corrected chi connectivity index (χ0v) is 12.1. The molecular weight excluding hydrogens is 250 g/mol. The fourth-order valence-electron chi connectivity index (χ4n) is 2.43. The van der Waals surface area contributed by atoms with E-state index < -0.39 is 5.92 Å². The molecule has 2 aromatic rings.